The van der Waals surface area contributed by atoms with E-state index in [1.807, 2.05) is 61.2 Å². The van der Waals surface area contributed by atoms with Crippen molar-refractivity contribution in [2.45, 2.75) is 51.1 Å². The summed E-state index contributed by atoms with van der Waals surface area (Å²) in [5, 5.41) is 4.16. The van der Waals surface area contributed by atoms with Crippen molar-refractivity contribution in [3.05, 3.63) is 107 Å². The van der Waals surface area contributed by atoms with Crippen LogP contribution in [0.15, 0.2) is 78.9 Å². The Morgan fingerprint density at radius 3 is 2.46 bits per heavy atom. The van der Waals surface area contributed by atoms with Crippen molar-refractivity contribution in [2.24, 2.45) is 5.41 Å². The predicted octanol–water partition coefficient (Wildman–Crippen LogP) is 5.72. The molecule has 0 bridgehead atoms. The van der Waals surface area contributed by atoms with E-state index in [1.165, 1.54) is 16.7 Å². The van der Waals surface area contributed by atoms with Crippen LogP contribution in [-0.2, 0) is 34.4 Å². The Balaban J connectivity index is 1.22. The first-order valence-corrected chi connectivity index (χ1v) is 13.0. The summed E-state index contributed by atoms with van der Waals surface area (Å²) in [5.74, 6) is 0.259. The molecule has 184 valence electrons. The molecule has 1 fully saturated rings. The molecule has 3 aliphatic rings. The number of hydrogen-bond donors (Lipinski definition) is 1. The molecule has 1 N–H and O–H groups in total. The van der Waals surface area contributed by atoms with Crippen molar-refractivity contribution in [3.63, 3.8) is 0 Å². The molecule has 2 amide bonds. The second-order valence-electron chi connectivity index (χ2n) is 11.5. The molecule has 0 radical (unpaired) electrons. The molecule has 2 atom stereocenters. The zero-order valence-electron chi connectivity index (χ0n) is 21.1. The zero-order chi connectivity index (χ0) is 25.4. The van der Waals surface area contributed by atoms with E-state index in [9.17, 15) is 9.59 Å². The smallest absolute Gasteiger partial charge is 0.235 e. The zero-order valence-corrected chi connectivity index (χ0v) is 21.1. The summed E-state index contributed by atoms with van der Waals surface area (Å²) in [6, 6.07) is 26.9. The van der Waals surface area contributed by atoms with E-state index in [2.05, 4.69) is 41.7 Å². The number of nitrogens with zero attached hydrogens (tertiary/aromatic N) is 2. The van der Waals surface area contributed by atoms with Crippen LogP contribution in [0.4, 0.5) is 5.69 Å². The van der Waals surface area contributed by atoms with E-state index in [0.29, 0.717) is 19.4 Å². The van der Waals surface area contributed by atoms with Crippen LogP contribution in [0.5, 0.6) is 0 Å². The van der Waals surface area contributed by atoms with Crippen molar-refractivity contribution in [1.29, 1.82) is 0 Å². The number of aromatic nitrogens is 1. The Labute approximate surface area is 216 Å². The van der Waals surface area contributed by atoms with Gasteiger partial charge >= 0.3 is 0 Å². The van der Waals surface area contributed by atoms with Gasteiger partial charge in [0.15, 0.2) is 0 Å². The Morgan fingerprint density at radius 2 is 1.65 bits per heavy atom. The maximum Gasteiger partial charge on any atom is 0.235 e. The van der Waals surface area contributed by atoms with E-state index in [4.69, 9.17) is 4.98 Å². The molecule has 1 saturated heterocycles. The molecular weight excluding hydrogens is 458 g/mol. The monoisotopic (exact) mass is 487 g/mol. The number of carbonyl (C=O) groups excluding carboxylic acids is 2. The summed E-state index contributed by atoms with van der Waals surface area (Å²) in [6.45, 7) is 4.56. The van der Waals surface area contributed by atoms with Crippen molar-refractivity contribution in [3.8, 4) is 0 Å². The lowest BCUT2D eigenvalue weighted by Crippen LogP contribution is -2.35. The average Bonchev–Trinajstić information content (AvgIpc) is 3.48. The normalized spacial score (nSPS) is 23.5. The minimum Gasteiger partial charge on any atom is -0.329 e. The first-order valence-electron chi connectivity index (χ1n) is 13.0. The third-order valence-electron chi connectivity index (χ3n) is 8.61. The fourth-order valence-electron chi connectivity index (χ4n) is 6.70. The Kier molecular flexibility index (Phi) is 4.66. The molecule has 1 aromatic heterocycles. The van der Waals surface area contributed by atoms with Gasteiger partial charge in [0.2, 0.25) is 11.8 Å². The van der Waals surface area contributed by atoms with E-state index in [0.717, 1.165) is 34.3 Å². The highest BCUT2D eigenvalue weighted by atomic mass is 16.2. The summed E-state index contributed by atoms with van der Waals surface area (Å²) >= 11 is 0. The molecule has 37 heavy (non-hydrogen) atoms. The minimum atomic E-state index is -0.532. The topological polar surface area (TPSA) is 62.3 Å². The molecular formula is C32H29N3O2. The predicted molar refractivity (Wildman–Crippen MR) is 144 cm³/mol. The summed E-state index contributed by atoms with van der Waals surface area (Å²) < 4.78 is 0. The number of nitrogens with one attached hydrogen (secondary N) is 1. The van der Waals surface area contributed by atoms with E-state index in [1.54, 1.807) is 0 Å². The van der Waals surface area contributed by atoms with Crippen LogP contribution in [0.3, 0.4) is 0 Å². The SMILES string of the molecule is CC1(C)C[C@H](c2ccccc2)N(Cc2ccc3cc4c(cc3n2)C[C@]2(C4)C(=O)Nc3ccccc32)C1=O. The van der Waals surface area contributed by atoms with Gasteiger partial charge in [-0.25, -0.2) is 0 Å². The third-order valence-corrected chi connectivity index (χ3v) is 8.61. The fraction of sp³-hybridized carbons (Fsp3) is 0.281. The second-order valence-corrected chi connectivity index (χ2v) is 11.5. The van der Waals surface area contributed by atoms with Gasteiger partial charge in [0, 0.05) is 16.5 Å². The molecule has 0 unspecified atom stereocenters. The minimum absolute atomic E-state index is 0.0435. The van der Waals surface area contributed by atoms with Crippen molar-refractivity contribution < 1.29 is 9.59 Å². The van der Waals surface area contributed by atoms with Gasteiger partial charge in [0.25, 0.3) is 0 Å². The van der Waals surface area contributed by atoms with Gasteiger partial charge in [0.05, 0.1) is 29.2 Å². The second kappa shape index (κ2) is 7.75. The van der Waals surface area contributed by atoms with Gasteiger partial charge in [-0.1, -0.05) is 68.4 Å². The van der Waals surface area contributed by atoms with Crippen molar-refractivity contribution in [1.82, 2.24) is 9.88 Å². The maximum atomic E-state index is 13.4. The molecule has 2 aliphatic heterocycles. The molecule has 7 rings (SSSR count). The lowest BCUT2D eigenvalue weighted by Gasteiger charge is -2.25. The van der Waals surface area contributed by atoms with E-state index < -0.39 is 10.8 Å². The van der Waals surface area contributed by atoms with Crippen LogP contribution >= 0.6 is 0 Å². The largest absolute Gasteiger partial charge is 0.329 e. The number of para-hydroxylation sites is 1. The first-order chi connectivity index (χ1) is 17.8. The molecule has 5 heteroatoms. The summed E-state index contributed by atoms with van der Waals surface area (Å²) in [7, 11) is 0. The Bertz CT molecular complexity index is 1590. The van der Waals surface area contributed by atoms with Crippen LogP contribution in [0.1, 0.15) is 54.3 Å². The summed E-state index contributed by atoms with van der Waals surface area (Å²) in [5.41, 5.74) is 6.46. The first kappa shape index (κ1) is 22.2. The number of benzene rings is 3. The number of amides is 2. The van der Waals surface area contributed by atoms with Gasteiger partial charge in [-0.15, -0.1) is 0 Å². The van der Waals surface area contributed by atoms with Crippen molar-refractivity contribution >= 4 is 28.4 Å². The van der Waals surface area contributed by atoms with Gasteiger partial charge < -0.3 is 10.2 Å². The van der Waals surface area contributed by atoms with Crippen LogP contribution in [0.2, 0.25) is 0 Å². The van der Waals surface area contributed by atoms with Crippen LogP contribution < -0.4 is 5.32 Å². The van der Waals surface area contributed by atoms with E-state index >= 15 is 0 Å². The number of carbonyl (C=O) groups is 2. The maximum absolute atomic E-state index is 13.4. The van der Waals surface area contributed by atoms with Gasteiger partial charge in [-0.3, -0.25) is 14.6 Å². The van der Waals surface area contributed by atoms with Crippen LogP contribution in [0.25, 0.3) is 10.9 Å². The number of hydrogen-bond acceptors (Lipinski definition) is 3. The van der Waals surface area contributed by atoms with Gasteiger partial charge in [-0.2, -0.15) is 0 Å². The molecule has 4 aromatic rings. The molecule has 3 aromatic carbocycles. The average molecular weight is 488 g/mol. The lowest BCUT2D eigenvalue weighted by atomic mass is 9.79. The number of pyridine rings is 1. The highest BCUT2D eigenvalue weighted by Gasteiger charge is 2.50. The molecule has 1 spiro atoms. The lowest BCUT2D eigenvalue weighted by molar-refractivity contribution is -0.136. The number of anilines is 1. The highest BCUT2D eigenvalue weighted by Crippen LogP contribution is 2.48. The van der Waals surface area contributed by atoms with Crippen LogP contribution in [-0.4, -0.2) is 21.7 Å². The highest BCUT2D eigenvalue weighted by molar-refractivity contribution is 6.07. The fourth-order valence-corrected chi connectivity index (χ4v) is 6.70. The van der Waals surface area contributed by atoms with Crippen molar-refractivity contribution in [2.75, 3.05) is 5.32 Å². The number of likely N-dealkylation sites (tertiary alicyclic amines) is 1. The molecule has 1 aliphatic carbocycles. The molecule has 3 heterocycles. The summed E-state index contributed by atoms with van der Waals surface area (Å²) in [4.78, 5) is 33.5. The quantitative estimate of drug-likeness (QED) is 0.402. The summed E-state index contributed by atoms with van der Waals surface area (Å²) in [6.07, 6.45) is 2.18. The molecule has 0 saturated carbocycles. The number of rotatable bonds is 3. The van der Waals surface area contributed by atoms with Gasteiger partial charge in [-0.05, 0) is 65.8 Å². The molecule has 5 nitrogen and oxygen atoms in total. The van der Waals surface area contributed by atoms with Crippen LogP contribution in [0, 0.1) is 5.41 Å². The van der Waals surface area contributed by atoms with Gasteiger partial charge in [0.1, 0.15) is 0 Å². The number of fused-ring (bicyclic) bond motifs is 4. The third kappa shape index (κ3) is 3.33. The Morgan fingerprint density at radius 1 is 0.919 bits per heavy atom. The Hall–Kier alpha value is -3.99. The van der Waals surface area contributed by atoms with E-state index in [-0.39, 0.29) is 17.9 Å². The standard InChI is InChI=1S/C32H29N3O2/c1-31(2)18-28(20-8-4-3-5-9-20)35(30(31)37)19-24-13-12-21-14-22-16-32(17-23(22)15-27(21)33-24)25-10-6-7-11-26(25)34-29(32)36/h3-15,28H,16-19H2,1-2H3,(H,34,36)/t28-,32+/m1/s1.